The Labute approximate surface area is 62.2 Å². The molecule has 0 spiro atoms. The van der Waals surface area contributed by atoms with Gasteiger partial charge in [0.1, 0.15) is 6.07 Å². The van der Waals surface area contributed by atoms with Crippen LogP contribution in [0.25, 0.3) is 0 Å². The fourth-order valence-corrected chi connectivity index (χ4v) is 0.623. The predicted molar refractivity (Wildman–Crippen MR) is 36.2 cm³/mol. The van der Waals surface area contributed by atoms with Crippen LogP contribution in [0.2, 0.25) is 5.15 Å². The van der Waals surface area contributed by atoms with Crippen LogP contribution in [0.5, 0.6) is 0 Å². The average molecular weight is 155 g/mol. The van der Waals surface area contributed by atoms with Crippen LogP contribution in [0, 0.1) is 11.3 Å². The summed E-state index contributed by atoms with van der Waals surface area (Å²) in [7, 11) is 0. The lowest BCUT2D eigenvalue weighted by Crippen LogP contribution is -1.95. The minimum atomic E-state index is 0.101. The van der Waals surface area contributed by atoms with E-state index in [9.17, 15) is 0 Å². The first kappa shape index (κ1) is 6.78. The van der Waals surface area contributed by atoms with Crippen LogP contribution in [0.15, 0.2) is 6.07 Å². The fourth-order valence-electron chi connectivity index (χ4n) is 0.468. The Morgan fingerprint density at radius 2 is 2.30 bits per heavy atom. The van der Waals surface area contributed by atoms with E-state index in [4.69, 9.17) is 22.6 Å². The summed E-state index contributed by atoms with van der Waals surface area (Å²) >= 11 is 5.41. The van der Waals surface area contributed by atoms with Crippen LogP contribution in [0.3, 0.4) is 0 Å². The summed E-state index contributed by atoms with van der Waals surface area (Å²) in [5.74, 6) is 0. The van der Waals surface area contributed by atoms with Gasteiger partial charge in [0, 0.05) is 6.07 Å². The number of halogens is 1. The molecule has 0 radical (unpaired) electrons. The van der Waals surface area contributed by atoms with E-state index in [-0.39, 0.29) is 16.5 Å². The summed E-state index contributed by atoms with van der Waals surface area (Å²) in [6.45, 7) is 0. The maximum atomic E-state index is 8.33. The number of nitrogen functional groups attached to an aromatic ring is 1. The summed E-state index contributed by atoms with van der Waals surface area (Å²) < 4.78 is 0. The Balaban J connectivity index is 3.23. The smallest absolute Gasteiger partial charge is 0.186 e. The van der Waals surface area contributed by atoms with Crippen molar-refractivity contribution in [2.45, 2.75) is 0 Å². The number of rotatable bonds is 0. The van der Waals surface area contributed by atoms with Gasteiger partial charge in [0.05, 0.1) is 5.69 Å². The molecule has 0 fully saturated rings. The van der Waals surface area contributed by atoms with Crippen molar-refractivity contribution >= 4 is 17.3 Å². The Bertz CT molecular complexity index is 290. The van der Waals surface area contributed by atoms with Crippen molar-refractivity contribution in [1.29, 1.82) is 5.26 Å². The van der Waals surface area contributed by atoms with Crippen LogP contribution in [0.4, 0.5) is 5.69 Å². The number of hydrogen-bond acceptors (Lipinski definition) is 4. The first-order chi connectivity index (χ1) is 4.74. The molecule has 0 saturated heterocycles. The van der Waals surface area contributed by atoms with E-state index >= 15 is 0 Å². The highest BCUT2D eigenvalue weighted by Crippen LogP contribution is 2.10. The summed E-state index contributed by atoms with van der Waals surface area (Å²) in [4.78, 5) is 0. The van der Waals surface area contributed by atoms with E-state index in [2.05, 4.69) is 10.2 Å². The maximum Gasteiger partial charge on any atom is 0.186 e. The van der Waals surface area contributed by atoms with Gasteiger partial charge in [-0.25, -0.2) is 0 Å². The van der Waals surface area contributed by atoms with Gasteiger partial charge in [-0.05, 0) is 0 Å². The Morgan fingerprint density at radius 3 is 2.80 bits per heavy atom. The van der Waals surface area contributed by atoms with Crippen molar-refractivity contribution in [3.05, 3.63) is 16.9 Å². The highest BCUT2D eigenvalue weighted by atomic mass is 35.5. The minimum Gasteiger partial charge on any atom is -0.396 e. The van der Waals surface area contributed by atoms with Gasteiger partial charge in [-0.2, -0.15) is 5.26 Å². The molecule has 0 aliphatic carbocycles. The summed E-state index contributed by atoms with van der Waals surface area (Å²) in [5, 5.41) is 15.4. The number of nitrogens with two attached hydrogens (primary N) is 1. The van der Waals surface area contributed by atoms with Crippen LogP contribution < -0.4 is 5.73 Å². The SMILES string of the molecule is N#Cc1nnc(Cl)cc1N. The van der Waals surface area contributed by atoms with Crippen molar-refractivity contribution in [3.63, 3.8) is 0 Å². The summed E-state index contributed by atoms with van der Waals surface area (Å²) in [5.41, 5.74) is 5.68. The van der Waals surface area contributed by atoms with Crippen molar-refractivity contribution < 1.29 is 0 Å². The average Bonchev–Trinajstić information content (AvgIpc) is 1.88. The molecule has 0 saturated carbocycles. The topological polar surface area (TPSA) is 75.6 Å². The van der Waals surface area contributed by atoms with Gasteiger partial charge in [-0.15, -0.1) is 10.2 Å². The highest BCUT2D eigenvalue weighted by Gasteiger charge is 1.99. The van der Waals surface area contributed by atoms with Gasteiger partial charge in [-0.3, -0.25) is 0 Å². The van der Waals surface area contributed by atoms with Crippen molar-refractivity contribution in [2.75, 3.05) is 5.73 Å². The summed E-state index contributed by atoms with van der Waals surface area (Å²) in [6.07, 6.45) is 0. The van der Waals surface area contributed by atoms with Gasteiger partial charge in [-0.1, -0.05) is 11.6 Å². The van der Waals surface area contributed by atoms with Crippen molar-refractivity contribution in [3.8, 4) is 6.07 Å². The van der Waals surface area contributed by atoms with E-state index in [1.807, 2.05) is 0 Å². The lowest BCUT2D eigenvalue weighted by molar-refractivity contribution is 1.01. The minimum absolute atomic E-state index is 0.101. The first-order valence-electron chi connectivity index (χ1n) is 2.43. The van der Waals surface area contributed by atoms with Crippen LogP contribution >= 0.6 is 11.6 Å². The van der Waals surface area contributed by atoms with Crippen LogP contribution in [0.1, 0.15) is 5.69 Å². The fraction of sp³-hybridized carbons (Fsp3) is 0. The Morgan fingerprint density at radius 1 is 1.60 bits per heavy atom. The Kier molecular flexibility index (Phi) is 1.69. The zero-order valence-corrected chi connectivity index (χ0v) is 5.63. The number of anilines is 1. The second kappa shape index (κ2) is 2.50. The lowest BCUT2D eigenvalue weighted by Gasteiger charge is -1.92. The second-order valence-electron chi connectivity index (χ2n) is 1.58. The molecular weight excluding hydrogens is 152 g/mol. The molecule has 0 bridgehead atoms. The van der Waals surface area contributed by atoms with Crippen LogP contribution in [-0.2, 0) is 0 Å². The molecule has 1 rings (SSSR count). The zero-order valence-electron chi connectivity index (χ0n) is 4.87. The van der Waals surface area contributed by atoms with Crippen molar-refractivity contribution in [1.82, 2.24) is 10.2 Å². The molecule has 0 aliphatic rings. The molecule has 5 heteroatoms. The molecule has 0 aromatic carbocycles. The molecule has 50 valence electrons. The number of nitrogens with zero attached hydrogens (tertiary/aromatic N) is 3. The molecule has 0 amide bonds. The second-order valence-corrected chi connectivity index (χ2v) is 1.97. The third-order valence-corrected chi connectivity index (χ3v) is 1.08. The van der Waals surface area contributed by atoms with E-state index in [0.29, 0.717) is 0 Å². The molecule has 0 unspecified atom stereocenters. The number of aromatic nitrogens is 2. The zero-order chi connectivity index (χ0) is 7.56. The van der Waals surface area contributed by atoms with Gasteiger partial charge >= 0.3 is 0 Å². The standard InChI is InChI=1S/C5H3ClN4/c6-5-1-3(8)4(2-7)9-10-5/h1H,(H2,8,10). The first-order valence-corrected chi connectivity index (χ1v) is 2.80. The van der Waals surface area contributed by atoms with E-state index < -0.39 is 0 Å². The molecule has 4 nitrogen and oxygen atoms in total. The molecule has 2 N–H and O–H groups in total. The van der Waals surface area contributed by atoms with Gasteiger partial charge in [0.2, 0.25) is 0 Å². The Hall–Kier alpha value is -1.34. The van der Waals surface area contributed by atoms with Crippen LogP contribution in [-0.4, -0.2) is 10.2 Å². The maximum absolute atomic E-state index is 8.33. The molecule has 0 aliphatic heterocycles. The molecular formula is C5H3ClN4. The van der Waals surface area contributed by atoms with E-state index in [0.717, 1.165) is 0 Å². The number of nitriles is 1. The predicted octanol–water partition coefficient (Wildman–Crippen LogP) is 0.584. The highest BCUT2D eigenvalue weighted by molar-refractivity contribution is 6.29. The quantitative estimate of drug-likeness (QED) is 0.593. The molecule has 1 aromatic heterocycles. The lowest BCUT2D eigenvalue weighted by atomic mass is 10.3. The van der Waals surface area contributed by atoms with Gasteiger partial charge in [0.15, 0.2) is 10.8 Å². The van der Waals surface area contributed by atoms with Gasteiger partial charge in [0.25, 0.3) is 0 Å². The van der Waals surface area contributed by atoms with Gasteiger partial charge < -0.3 is 5.73 Å². The third-order valence-electron chi connectivity index (χ3n) is 0.899. The van der Waals surface area contributed by atoms with E-state index in [1.165, 1.54) is 6.07 Å². The number of hydrogen-bond donors (Lipinski definition) is 1. The third kappa shape index (κ3) is 1.14. The van der Waals surface area contributed by atoms with E-state index in [1.54, 1.807) is 6.07 Å². The summed E-state index contributed by atoms with van der Waals surface area (Å²) in [6, 6.07) is 3.15. The largest absolute Gasteiger partial charge is 0.396 e. The normalized spacial score (nSPS) is 8.80. The van der Waals surface area contributed by atoms with Crippen molar-refractivity contribution in [2.24, 2.45) is 0 Å². The molecule has 1 aromatic rings. The monoisotopic (exact) mass is 154 g/mol. The molecule has 1 heterocycles. The molecule has 0 atom stereocenters. The molecule has 10 heavy (non-hydrogen) atoms.